The molecule has 1 unspecified atom stereocenters. The molecule has 0 saturated carbocycles. The summed E-state index contributed by atoms with van der Waals surface area (Å²) in [5.41, 5.74) is 1.31. The number of sulfonamides is 1. The van der Waals surface area contributed by atoms with Crippen LogP contribution in [0.5, 0.6) is 5.75 Å². The second kappa shape index (κ2) is 11.9. The lowest BCUT2D eigenvalue weighted by Gasteiger charge is -2.29. The monoisotopic (exact) mass is 524 g/mol. The van der Waals surface area contributed by atoms with Gasteiger partial charge in [0, 0.05) is 45.1 Å². The molecule has 0 fully saturated rings. The van der Waals surface area contributed by atoms with Crippen molar-refractivity contribution in [2.75, 3.05) is 45.1 Å². The lowest BCUT2D eigenvalue weighted by molar-refractivity contribution is -0.140. The molecule has 0 aliphatic carbocycles. The molecule has 35 heavy (non-hydrogen) atoms. The van der Waals surface area contributed by atoms with E-state index < -0.39 is 21.8 Å². The van der Waals surface area contributed by atoms with Crippen LogP contribution in [0.3, 0.4) is 0 Å². The molecule has 0 aromatic heterocycles. The van der Waals surface area contributed by atoms with Gasteiger partial charge in [0.05, 0.1) is 17.2 Å². The molecule has 0 bridgehead atoms. The second-order valence-corrected chi connectivity index (χ2v) is 10.5. The Morgan fingerprint density at radius 3 is 2.60 bits per heavy atom. The number of hydrogen-bond donors (Lipinski definition) is 0. The fourth-order valence-corrected chi connectivity index (χ4v) is 5.82. The van der Waals surface area contributed by atoms with Crippen LogP contribution in [0.15, 0.2) is 64.3 Å². The maximum atomic E-state index is 14.1. The molecule has 0 amide bonds. The van der Waals surface area contributed by atoms with Crippen molar-refractivity contribution in [3.05, 3.63) is 54.6 Å². The Labute approximate surface area is 209 Å². The van der Waals surface area contributed by atoms with Gasteiger partial charge in [0.1, 0.15) is 16.9 Å². The maximum Gasteiger partial charge on any atom is 0.370 e. The fraction of sp³-hybridized carbons (Fsp3) is 0.375. The number of nitrogens with zero attached hydrogens (tertiary/aromatic N) is 2. The number of thioether (sulfide) groups is 1. The lowest BCUT2D eigenvalue weighted by atomic mass is 10.1. The topological polar surface area (TPSA) is 85.4 Å². The summed E-state index contributed by atoms with van der Waals surface area (Å²) in [6.07, 6.45) is 2.92. The number of methoxy groups -OCH3 is 1. The summed E-state index contributed by atoms with van der Waals surface area (Å²) in [4.78, 5) is 14.1. The van der Waals surface area contributed by atoms with Gasteiger partial charge in [-0.05, 0) is 37.8 Å². The highest BCUT2D eigenvalue weighted by Gasteiger charge is 2.37. The average Bonchev–Trinajstić information content (AvgIpc) is 2.94. The summed E-state index contributed by atoms with van der Waals surface area (Å²) in [5, 5.41) is 0. The van der Waals surface area contributed by atoms with Crippen molar-refractivity contribution in [1.82, 2.24) is 4.31 Å². The highest BCUT2D eigenvalue weighted by atomic mass is 32.2. The minimum absolute atomic E-state index is 0.0130. The summed E-state index contributed by atoms with van der Waals surface area (Å²) in [5.74, 6) is -2.27. The van der Waals surface area contributed by atoms with E-state index in [0.29, 0.717) is 36.4 Å². The Morgan fingerprint density at radius 2 is 1.97 bits per heavy atom. The number of halogens is 1. The van der Waals surface area contributed by atoms with Crippen molar-refractivity contribution < 1.29 is 31.8 Å². The molecule has 1 atom stereocenters. The maximum absolute atomic E-state index is 14.1. The molecule has 0 spiro atoms. The molecule has 2 aromatic carbocycles. The first-order valence-corrected chi connectivity index (χ1v) is 13.6. The predicted molar refractivity (Wildman–Crippen MR) is 133 cm³/mol. The van der Waals surface area contributed by atoms with E-state index in [4.69, 9.17) is 9.47 Å². The largest absolute Gasteiger partial charge is 0.461 e. The first-order valence-electron chi connectivity index (χ1n) is 11.0. The summed E-state index contributed by atoms with van der Waals surface area (Å²) in [7, 11) is -0.833. The molecule has 3 rings (SSSR count). The fourth-order valence-electron chi connectivity index (χ4n) is 3.72. The quantitative estimate of drug-likeness (QED) is 0.207. The Hall–Kier alpha value is -2.60. The first-order chi connectivity index (χ1) is 16.7. The van der Waals surface area contributed by atoms with Crippen molar-refractivity contribution >= 4 is 39.1 Å². The third-order valence-electron chi connectivity index (χ3n) is 5.58. The van der Waals surface area contributed by atoms with Crippen molar-refractivity contribution in [2.24, 2.45) is 0 Å². The summed E-state index contributed by atoms with van der Waals surface area (Å²) >= 11 is 1.31. The molecule has 1 heterocycles. The third-order valence-corrected chi connectivity index (χ3v) is 8.28. The summed E-state index contributed by atoms with van der Waals surface area (Å²) in [6.45, 7) is 2.37. The highest BCUT2D eigenvalue weighted by Crippen LogP contribution is 2.43. The third kappa shape index (κ3) is 5.97. The zero-order valence-corrected chi connectivity index (χ0v) is 21.7. The first kappa shape index (κ1) is 27.0. The Morgan fingerprint density at radius 1 is 1.26 bits per heavy atom. The Balaban J connectivity index is 2.16. The highest BCUT2D eigenvalue weighted by molar-refractivity contribution is 7.98. The van der Waals surface area contributed by atoms with Crippen LogP contribution >= 0.6 is 11.8 Å². The minimum atomic E-state index is -3.95. The zero-order valence-electron chi connectivity index (χ0n) is 20.1. The molecular weight excluding hydrogens is 495 g/mol. The SMILES string of the molecule is CCOC(=O)/C(F)=C/Oc1cc2c(cc1SC)N(c1ccccc1)CC(CCOC)N(C)S2(=O)=O. The van der Waals surface area contributed by atoms with Gasteiger partial charge in [0.2, 0.25) is 15.9 Å². The number of carbonyl (C=O) groups is 1. The number of esters is 1. The number of hydrogen-bond acceptors (Lipinski definition) is 8. The molecular formula is C24H29FN2O6S2. The van der Waals surface area contributed by atoms with Gasteiger partial charge in [0.25, 0.3) is 0 Å². The van der Waals surface area contributed by atoms with Crippen LogP contribution in [0, 0.1) is 0 Å². The van der Waals surface area contributed by atoms with E-state index in [1.165, 1.54) is 29.2 Å². The molecule has 11 heteroatoms. The second-order valence-electron chi connectivity index (χ2n) is 7.68. The van der Waals surface area contributed by atoms with Crippen molar-refractivity contribution in [1.29, 1.82) is 0 Å². The molecule has 0 radical (unpaired) electrons. The van der Waals surface area contributed by atoms with Crippen molar-refractivity contribution in [3.63, 3.8) is 0 Å². The normalized spacial score (nSPS) is 18.0. The van der Waals surface area contributed by atoms with E-state index in [2.05, 4.69) is 4.74 Å². The van der Waals surface area contributed by atoms with E-state index in [1.807, 2.05) is 35.2 Å². The number of para-hydroxylation sites is 1. The van der Waals surface area contributed by atoms with Gasteiger partial charge < -0.3 is 19.1 Å². The number of ether oxygens (including phenoxy) is 3. The molecule has 8 nitrogen and oxygen atoms in total. The van der Waals surface area contributed by atoms with Crippen LogP contribution in [-0.4, -0.2) is 64.9 Å². The number of anilines is 2. The van der Waals surface area contributed by atoms with Crippen LogP contribution < -0.4 is 9.64 Å². The predicted octanol–water partition coefficient (Wildman–Crippen LogP) is 4.34. The number of rotatable bonds is 9. The number of carbonyl (C=O) groups excluding carboxylic acids is 1. The molecule has 0 N–H and O–H groups in total. The van der Waals surface area contributed by atoms with Crippen LogP contribution in [-0.2, 0) is 24.3 Å². The molecule has 190 valence electrons. The Kier molecular flexibility index (Phi) is 9.17. The molecule has 0 saturated heterocycles. The van der Waals surface area contributed by atoms with Gasteiger partial charge >= 0.3 is 5.97 Å². The van der Waals surface area contributed by atoms with Crippen LogP contribution in [0.1, 0.15) is 13.3 Å². The molecule has 1 aliphatic heterocycles. The number of fused-ring (bicyclic) bond motifs is 1. The van der Waals surface area contributed by atoms with Crippen molar-refractivity contribution in [2.45, 2.75) is 29.2 Å². The summed E-state index contributed by atoms with van der Waals surface area (Å²) in [6, 6.07) is 12.2. The molecule has 2 aromatic rings. The lowest BCUT2D eigenvalue weighted by Crippen LogP contribution is -2.41. The van der Waals surface area contributed by atoms with Gasteiger partial charge in [-0.25, -0.2) is 13.2 Å². The van der Waals surface area contributed by atoms with Gasteiger partial charge in [-0.2, -0.15) is 8.70 Å². The van der Waals surface area contributed by atoms with E-state index >= 15 is 0 Å². The Bertz CT molecular complexity index is 1170. The van der Waals surface area contributed by atoms with Gasteiger partial charge in [0.15, 0.2) is 0 Å². The van der Waals surface area contributed by atoms with E-state index in [9.17, 15) is 17.6 Å². The van der Waals surface area contributed by atoms with E-state index in [0.717, 1.165) is 5.69 Å². The van der Waals surface area contributed by atoms with E-state index in [-0.39, 0.29) is 23.3 Å². The zero-order chi connectivity index (χ0) is 25.6. The van der Waals surface area contributed by atoms with Crippen LogP contribution in [0.25, 0.3) is 0 Å². The van der Waals surface area contributed by atoms with Gasteiger partial charge in [-0.1, -0.05) is 18.2 Å². The van der Waals surface area contributed by atoms with Crippen LogP contribution in [0.2, 0.25) is 0 Å². The average molecular weight is 525 g/mol. The van der Waals surface area contributed by atoms with Crippen LogP contribution in [0.4, 0.5) is 15.8 Å². The van der Waals surface area contributed by atoms with Crippen molar-refractivity contribution in [3.8, 4) is 5.75 Å². The van der Waals surface area contributed by atoms with E-state index in [1.54, 1.807) is 26.4 Å². The molecule has 1 aliphatic rings. The number of benzene rings is 2. The number of likely N-dealkylation sites (N-methyl/N-ethyl adjacent to an activating group) is 1. The summed E-state index contributed by atoms with van der Waals surface area (Å²) < 4.78 is 58.1. The smallest absolute Gasteiger partial charge is 0.370 e. The van der Waals surface area contributed by atoms with Gasteiger partial charge in [-0.3, -0.25) is 0 Å². The standard InChI is InChI=1S/C24H29FN2O6S2/c1-5-32-24(28)19(25)16-33-21-14-23-20(13-22(21)34-4)27(17-9-7-6-8-10-17)15-18(11-12-31-3)26(2)35(23,29)30/h6-10,13-14,16,18H,5,11-12,15H2,1-4H3/b19-16-. The van der Waals surface area contributed by atoms with Gasteiger partial charge in [-0.15, -0.1) is 11.8 Å². The minimum Gasteiger partial charge on any atom is -0.461 e.